The molecule has 24 heavy (non-hydrogen) atoms. The van der Waals surface area contributed by atoms with Gasteiger partial charge >= 0.3 is 5.63 Å². The molecule has 0 radical (unpaired) electrons. The third-order valence-corrected chi connectivity index (χ3v) is 4.66. The highest BCUT2D eigenvalue weighted by Crippen LogP contribution is 2.38. The molecule has 2 aliphatic rings. The lowest BCUT2D eigenvalue weighted by Crippen LogP contribution is -2.36. The van der Waals surface area contributed by atoms with Gasteiger partial charge < -0.3 is 19.2 Å². The summed E-state index contributed by atoms with van der Waals surface area (Å²) in [6.07, 6.45) is 3.85. The first kappa shape index (κ1) is 15.4. The normalized spacial score (nSPS) is 22.2. The Morgan fingerprint density at radius 3 is 2.88 bits per heavy atom. The molecule has 1 N–H and O–H groups in total. The Hall–Kier alpha value is -2.18. The zero-order chi connectivity index (χ0) is 16.6. The Labute approximate surface area is 138 Å². The summed E-state index contributed by atoms with van der Waals surface area (Å²) in [6.45, 7) is 0.777. The second-order valence-electron chi connectivity index (χ2n) is 6.36. The van der Waals surface area contributed by atoms with Crippen molar-refractivity contribution >= 4 is 16.9 Å². The van der Waals surface area contributed by atoms with Gasteiger partial charge in [0.15, 0.2) is 5.79 Å². The SMILES string of the molecule is O=C(NCC1COC2(CCCC2)O1)c1cc2ccccc2oc1=O. The van der Waals surface area contributed by atoms with Crippen LogP contribution < -0.4 is 10.9 Å². The van der Waals surface area contributed by atoms with Crippen molar-refractivity contribution in [3.8, 4) is 0 Å². The molecule has 1 unspecified atom stereocenters. The van der Waals surface area contributed by atoms with Gasteiger partial charge in [-0.3, -0.25) is 4.79 Å². The molecule has 6 nitrogen and oxygen atoms in total. The van der Waals surface area contributed by atoms with E-state index in [0.29, 0.717) is 24.1 Å². The number of carbonyl (C=O) groups excluding carboxylic acids is 1. The van der Waals surface area contributed by atoms with Gasteiger partial charge in [-0.25, -0.2) is 4.79 Å². The Morgan fingerprint density at radius 1 is 1.25 bits per heavy atom. The van der Waals surface area contributed by atoms with Crippen LogP contribution in [-0.2, 0) is 9.47 Å². The standard InChI is InChI=1S/C18H19NO5/c20-16(14-9-12-5-1-2-6-15(12)23-17(14)21)19-10-13-11-22-18(24-13)7-3-4-8-18/h1-2,5-6,9,13H,3-4,7-8,10-11H2,(H,19,20). The number of amides is 1. The maximum absolute atomic E-state index is 12.3. The van der Waals surface area contributed by atoms with Crippen molar-refractivity contribution in [2.75, 3.05) is 13.2 Å². The fourth-order valence-corrected chi connectivity index (χ4v) is 3.42. The third kappa shape index (κ3) is 2.83. The van der Waals surface area contributed by atoms with E-state index in [2.05, 4.69) is 5.32 Å². The van der Waals surface area contributed by atoms with Crippen LogP contribution in [0.25, 0.3) is 11.0 Å². The summed E-state index contributed by atoms with van der Waals surface area (Å²) in [7, 11) is 0. The molecule has 2 fully saturated rings. The number of carbonyl (C=O) groups is 1. The number of ether oxygens (including phenoxy) is 2. The van der Waals surface area contributed by atoms with Gasteiger partial charge in [0, 0.05) is 24.8 Å². The van der Waals surface area contributed by atoms with Gasteiger partial charge in [0.25, 0.3) is 5.91 Å². The summed E-state index contributed by atoms with van der Waals surface area (Å²) in [5.41, 5.74) is -0.167. The fraction of sp³-hybridized carbons (Fsp3) is 0.444. The summed E-state index contributed by atoms with van der Waals surface area (Å²) < 4.78 is 16.9. The van der Waals surface area contributed by atoms with E-state index in [1.165, 1.54) is 0 Å². The van der Waals surface area contributed by atoms with Crippen molar-refractivity contribution < 1.29 is 18.7 Å². The zero-order valence-corrected chi connectivity index (χ0v) is 13.2. The highest BCUT2D eigenvalue weighted by Gasteiger charge is 2.43. The summed E-state index contributed by atoms with van der Waals surface area (Å²) in [6, 6.07) is 8.66. The van der Waals surface area contributed by atoms with E-state index in [0.717, 1.165) is 25.7 Å². The maximum atomic E-state index is 12.3. The number of para-hydroxylation sites is 1. The molecule has 1 atom stereocenters. The number of hydrogen-bond acceptors (Lipinski definition) is 5. The van der Waals surface area contributed by atoms with Crippen molar-refractivity contribution in [2.45, 2.75) is 37.6 Å². The molecule has 1 aliphatic carbocycles. The molecule has 2 aromatic rings. The summed E-state index contributed by atoms with van der Waals surface area (Å²) >= 11 is 0. The van der Waals surface area contributed by atoms with Crippen LogP contribution in [0.3, 0.4) is 0 Å². The lowest BCUT2D eigenvalue weighted by molar-refractivity contribution is -0.161. The van der Waals surface area contributed by atoms with Gasteiger partial charge in [-0.05, 0) is 25.0 Å². The van der Waals surface area contributed by atoms with Crippen LogP contribution in [0.5, 0.6) is 0 Å². The van der Waals surface area contributed by atoms with Crippen molar-refractivity contribution in [3.05, 3.63) is 46.3 Å². The average molecular weight is 329 g/mol. The van der Waals surface area contributed by atoms with Gasteiger partial charge in [0.1, 0.15) is 17.3 Å². The van der Waals surface area contributed by atoms with E-state index in [-0.39, 0.29) is 11.7 Å². The highest BCUT2D eigenvalue weighted by atomic mass is 16.7. The first-order chi connectivity index (χ1) is 11.7. The molecular formula is C18H19NO5. The largest absolute Gasteiger partial charge is 0.422 e. The lowest BCUT2D eigenvalue weighted by atomic mass is 10.2. The van der Waals surface area contributed by atoms with Gasteiger partial charge in [-0.2, -0.15) is 0 Å². The Morgan fingerprint density at radius 2 is 2.04 bits per heavy atom. The van der Waals surface area contributed by atoms with Crippen molar-refractivity contribution in [1.82, 2.24) is 5.32 Å². The second kappa shape index (κ2) is 6.03. The minimum atomic E-state index is -0.637. The van der Waals surface area contributed by atoms with Crippen LogP contribution in [-0.4, -0.2) is 30.9 Å². The Kier molecular flexibility index (Phi) is 3.86. The van der Waals surface area contributed by atoms with Crippen LogP contribution >= 0.6 is 0 Å². The molecule has 1 aromatic heterocycles. The van der Waals surface area contributed by atoms with E-state index in [9.17, 15) is 9.59 Å². The molecule has 1 spiro atoms. The molecule has 0 bridgehead atoms. The fourth-order valence-electron chi connectivity index (χ4n) is 3.42. The molecular weight excluding hydrogens is 310 g/mol. The number of benzene rings is 1. The predicted molar refractivity (Wildman–Crippen MR) is 86.8 cm³/mol. The van der Waals surface area contributed by atoms with Gasteiger partial charge in [-0.1, -0.05) is 18.2 Å². The van der Waals surface area contributed by atoms with E-state index in [1.807, 2.05) is 6.07 Å². The first-order valence-electron chi connectivity index (χ1n) is 8.28. The summed E-state index contributed by atoms with van der Waals surface area (Å²) in [4.78, 5) is 24.3. The van der Waals surface area contributed by atoms with Gasteiger partial charge in [0.05, 0.1) is 6.61 Å². The van der Waals surface area contributed by atoms with E-state index in [1.54, 1.807) is 24.3 Å². The minimum absolute atomic E-state index is 0.00296. The number of hydrogen-bond donors (Lipinski definition) is 1. The Balaban J connectivity index is 1.43. The van der Waals surface area contributed by atoms with Crippen LogP contribution in [0, 0.1) is 0 Å². The van der Waals surface area contributed by atoms with Crippen LogP contribution in [0.2, 0.25) is 0 Å². The van der Waals surface area contributed by atoms with E-state index in [4.69, 9.17) is 13.9 Å². The van der Waals surface area contributed by atoms with Crippen LogP contribution in [0.15, 0.2) is 39.5 Å². The molecule has 2 heterocycles. The second-order valence-corrected chi connectivity index (χ2v) is 6.36. The zero-order valence-electron chi connectivity index (χ0n) is 13.2. The van der Waals surface area contributed by atoms with E-state index >= 15 is 0 Å². The minimum Gasteiger partial charge on any atom is -0.422 e. The molecule has 1 aliphatic heterocycles. The summed E-state index contributed by atoms with van der Waals surface area (Å²) in [5, 5.41) is 3.46. The topological polar surface area (TPSA) is 77.8 Å². The number of fused-ring (bicyclic) bond motifs is 1. The molecule has 4 rings (SSSR count). The molecule has 1 aromatic carbocycles. The smallest absolute Gasteiger partial charge is 0.349 e. The van der Waals surface area contributed by atoms with Crippen LogP contribution in [0.4, 0.5) is 0 Å². The number of nitrogens with one attached hydrogen (secondary N) is 1. The highest BCUT2D eigenvalue weighted by molar-refractivity contribution is 5.96. The van der Waals surface area contributed by atoms with Crippen molar-refractivity contribution in [2.24, 2.45) is 0 Å². The summed E-state index contributed by atoms with van der Waals surface area (Å²) in [5.74, 6) is -0.900. The Bertz CT molecular complexity index is 822. The van der Waals surface area contributed by atoms with Crippen molar-refractivity contribution in [3.63, 3.8) is 0 Å². The van der Waals surface area contributed by atoms with Gasteiger partial charge in [0.2, 0.25) is 0 Å². The average Bonchev–Trinajstić information content (AvgIpc) is 3.22. The first-order valence-corrected chi connectivity index (χ1v) is 8.28. The quantitative estimate of drug-likeness (QED) is 0.874. The van der Waals surface area contributed by atoms with Gasteiger partial charge in [-0.15, -0.1) is 0 Å². The molecule has 1 amide bonds. The van der Waals surface area contributed by atoms with Crippen molar-refractivity contribution in [1.29, 1.82) is 0 Å². The molecule has 6 heteroatoms. The third-order valence-electron chi connectivity index (χ3n) is 4.66. The van der Waals surface area contributed by atoms with E-state index < -0.39 is 17.3 Å². The van der Waals surface area contributed by atoms with Crippen LogP contribution in [0.1, 0.15) is 36.0 Å². The molecule has 1 saturated heterocycles. The molecule has 1 saturated carbocycles. The predicted octanol–water partition coefficient (Wildman–Crippen LogP) is 2.21. The molecule has 126 valence electrons. The lowest BCUT2D eigenvalue weighted by Gasteiger charge is -2.21. The monoisotopic (exact) mass is 329 g/mol. The maximum Gasteiger partial charge on any atom is 0.349 e. The number of rotatable bonds is 3.